The van der Waals surface area contributed by atoms with Gasteiger partial charge in [-0.05, 0) is 24.3 Å². The Morgan fingerprint density at radius 2 is 1.93 bits per heavy atom. The highest BCUT2D eigenvalue weighted by molar-refractivity contribution is 5.78. The van der Waals surface area contributed by atoms with E-state index in [-0.39, 0.29) is 11.2 Å². The number of nitrogens with zero attached hydrogens (tertiary/aromatic N) is 5. The summed E-state index contributed by atoms with van der Waals surface area (Å²) in [4.78, 5) is 42.4. The van der Waals surface area contributed by atoms with E-state index < -0.39 is 23.8 Å². The molecule has 3 aromatic rings. The summed E-state index contributed by atoms with van der Waals surface area (Å²) in [6.07, 6.45) is 0. The minimum atomic E-state index is -1.51. The third-order valence-electron chi connectivity index (χ3n) is 4.67. The van der Waals surface area contributed by atoms with Gasteiger partial charge in [0, 0.05) is 25.8 Å². The zero-order chi connectivity index (χ0) is 19.3. The van der Waals surface area contributed by atoms with Crippen molar-refractivity contribution in [3.8, 4) is 5.75 Å². The van der Waals surface area contributed by atoms with E-state index in [0.717, 1.165) is 11.4 Å². The topological polar surface area (TPSA) is 114 Å². The number of imidazole rings is 1. The Kier molecular flexibility index (Phi) is 3.76. The van der Waals surface area contributed by atoms with Crippen LogP contribution in [0.25, 0.3) is 11.2 Å². The number of aryl methyl sites for hydroxylation is 1. The van der Waals surface area contributed by atoms with Gasteiger partial charge in [0.05, 0.1) is 19.6 Å². The molecule has 0 spiro atoms. The number of rotatable bonds is 4. The monoisotopic (exact) mass is 370 g/mol. The molecule has 0 amide bonds. The molecular weight excluding hydrogens is 354 g/mol. The predicted octanol–water partition coefficient (Wildman–Crippen LogP) is -1.19. The van der Waals surface area contributed by atoms with Crippen molar-refractivity contribution in [2.24, 2.45) is 7.05 Å². The molecule has 10 nitrogen and oxygen atoms in total. The average molecular weight is 370 g/mol. The number of carbonyl (C=O) groups excluding carboxylic acids is 1. The fourth-order valence-electron chi connectivity index (χ4n) is 3.35. The lowest BCUT2D eigenvalue weighted by Crippen LogP contribution is -2.44. The molecule has 0 atom stereocenters. The molecule has 0 saturated heterocycles. The predicted molar refractivity (Wildman–Crippen MR) is 94.2 cm³/mol. The first kappa shape index (κ1) is 16.9. The Morgan fingerprint density at radius 3 is 2.56 bits per heavy atom. The third-order valence-corrected chi connectivity index (χ3v) is 4.67. The Morgan fingerprint density at radius 1 is 1.22 bits per heavy atom. The number of fused-ring (bicyclic) bond motifs is 3. The summed E-state index contributed by atoms with van der Waals surface area (Å²) < 4.78 is 8.70. The number of aromatic nitrogens is 4. The number of carboxylic acid groups (broad SMARTS) is 1. The Labute approximate surface area is 152 Å². The van der Waals surface area contributed by atoms with Crippen molar-refractivity contribution in [1.82, 2.24) is 18.7 Å². The van der Waals surface area contributed by atoms with E-state index in [0.29, 0.717) is 23.6 Å². The molecule has 0 saturated carbocycles. The lowest BCUT2D eigenvalue weighted by molar-refractivity contribution is -0.306. The number of ether oxygens (including phenoxy) is 1. The second-order valence-corrected chi connectivity index (χ2v) is 6.19. The highest BCUT2D eigenvalue weighted by Crippen LogP contribution is 2.32. The van der Waals surface area contributed by atoms with Crippen LogP contribution in [-0.4, -0.2) is 38.3 Å². The summed E-state index contributed by atoms with van der Waals surface area (Å²) in [5, 5.41) is 10.9. The number of hydrogen-bond acceptors (Lipinski definition) is 7. The summed E-state index contributed by atoms with van der Waals surface area (Å²) in [5.41, 5.74) is -0.154. The van der Waals surface area contributed by atoms with Crippen LogP contribution in [0.15, 0.2) is 33.9 Å². The van der Waals surface area contributed by atoms with Gasteiger partial charge in [-0.1, -0.05) is 0 Å². The van der Waals surface area contributed by atoms with Crippen LogP contribution in [0.3, 0.4) is 0 Å². The molecule has 0 radical (unpaired) electrons. The molecule has 4 rings (SSSR count). The Balaban J connectivity index is 1.90. The molecule has 1 aliphatic heterocycles. The van der Waals surface area contributed by atoms with Gasteiger partial charge in [0.1, 0.15) is 5.75 Å². The van der Waals surface area contributed by atoms with Crippen molar-refractivity contribution in [2.45, 2.75) is 13.1 Å². The lowest BCUT2D eigenvalue weighted by Gasteiger charge is -2.16. The lowest BCUT2D eigenvalue weighted by atomic mass is 10.3. The first-order valence-electron chi connectivity index (χ1n) is 8.24. The van der Waals surface area contributed by atoms with Gasteiger partial charge < -0.3 is 24.1 Å². The van der Waals surface area contributed by atoms with Gasteiger partial charge in [0.15, 0.2) is 11.2 Å². The maximum Gasteiger partial charge on any atom is 0.332 e. The molecule has 1 aromatic carbocycles. The molecule has 27 heavy (non-hydrogen) atoms. The minimum Gasteiger partial charge on any atom is -0.548 e. The summed E-state index contributed by atoms with van der Waals surface area (Å²) in [7, 11) is 3.04. The molecule has 0 N–H and O–H groups in total. The number of benzene rings is 1. The van der Waals surface area contributed by atoms with E-state index in [4.69, 9.17) is 4.74 Å². The smallest absolute Gasteiger partial charge is 0.332 e. The minimum absolute atomic E-state index is 0.198. The second kappa shape index (κ2) is 6.01. The highest BCUT2D eigenvalue weighted by Gasteiger charge is 2.28. The molecule has 0 unspecified atom stereocenters. The molecule has 140 valence electrons. The van der Waals surface area contributed by atoms with Gasteiger partial charge in [-0.15, -0.1) is 0 Å². The number of carboxylic acids is 1. The summed E-state index contributed by atoms with van der Waals surface area (Å²) in [6, 6.07) is 7.40. The highest BCUT2D eigenvalue weighted by atomic mass is 16.5. The second-order valence-electron chi connectivity index (χ2n) is 6.19. The van der Waals surface area contributed by atoms with Crippen LogP contribution in [0.2, 0.25) is 0 Å². The van der Waals surface area contributed by atoms with Crippen LogP contribution < -0.4 is 26.0 Å². The first-order chi connectivity index (χ1) is 12.9. The fraction of sp³-hybridized carbons (Fsp3) is 0.294. The van der Waals surface area contributed by atoms with E-state index >= 15 is 0 Å². The van der Waals surface area contributed by atoms with Crippen molar-refractivity contribution in [3.63, 3.8) is 0 Å². The molecule has 0 aliphatic carbocycles. The van der Waals surface area contributed by atoms with Crippen molar-refractivity contribution < 1.29 is 14.6 Å². The Bertz CT molecular complexity index is 1170. The molecule has 0 fully saturated rings. The standard InChI is InChI=1S/C17H17N5O5/c1-19-14-13(15(25)22(17(19)26)9-12(23)24)21-8-7-20(16(21)18-14)10-3-5-11(27-2)6-4-10/h3-6H,7-9H2,1-2H3,(H,23,24)/p-1. The van der Waals surface area contributed by atoms with E-state index in [2.05, 4.69) is 4.98 Å². The number of aliphatic carboxylic acids is 1. The van der Waals surface area contributed by atoms with Gasteiger partial charge in [-0.2, -0.15) is 4.98 Å². The maximum absolute atomic E-state index is 12.7. The molecular formula is C17H16N5O5-. The van der Waals surface area contributed by atoms with Crippen molar-refractivity contribution in [1.29, 1.82) is 0 Å². The third kappa shape index (κ3) is 2.48. The van der Waals surface area contributed by atoms with E-state index in [1.165, 1.54) is 11.6 Å². The van der Waals surface area contributed by atoms with Crippen molar-refractivity contribution in [2.75, 3.05) is 18.6 Å². The van der Waals surface area contributed by atoms with Crippen LogP contribution in [0.1, 0.15) is 0 Å². The summed E-state index contributed by atoms with van der Waals surface area (Å²) in [6.45, 7) is 0.272. The van der Waals surface area contributed by atoms with E-state index in [1.807, 2.05) is 29.2 Å². The quantitative estimate of drug-likeness (QED) is 0.567. The fourth-order valence-corrected chi connectivity index (χ4v) is 3.35. The summed E-state index contributed by atoms with van der Waals surface area (Å²) >= 11 is 0. The van der Waals surface area contributed by atoms with E-state index in [1.54, 1.807) is 11.7 Å². The zero-order valence-electron chi connectivity index (χ0n) is 14.7. The van der Waals surface area contributed by atoms with Gasteiger partial charge in [-0.25, -0.2) is 4.79 Å². The zero-order valence-corrected chi connectivity index (χ0v) is 14.7. The van der Waals surface area contributed by atoms with Crippen molar-refractivity contribution in [3.05, 3.63) is 45.1 Å². The molecule has 10 heteroatoms. The van der Waals surface area contributed by atoms with Gasteiger partial charge in [0.2, 0.25) is 5.95 Å². The van der Waals surface area contributed by atoms with Gasteiger partial charge in [-0.3, -0.25) is 13.9 Å². The van der Waals surface area contributed by atoms with Crippen LogP contribution in [0, 0.1) is 0 Å². The largest absolute Gasteiger partial charge is 0.548 e. The molecule has 2 aromatic heterocycles. The molecule has 1 aliphatic rings. The summed E-state index contributed by atoms with van der Waals surface area (Å²) in [5.74, 6) is -0.262. The van der Waals surface area contributed by atoms with Crippen LogP contribution in [0.4, 0.5) is 11.6 Å². The maximum atomic E-state index is 12.7. The normalized spacial score (nSPS) is 13.2. The first-order valence-corrected chi connectivity index (χ1v) is 8.24. The van der Waals surface area contributed by atoms with Crippen LogP contribution in [-0.2, 0) is 24.9 Å². The Hall–Kier alpha value is -3.56. The number of hydrogen-bond donors (Lipinski definition) is 0. The number of anilines is 2. The molecule has 3 heterocycles. The van der Waals surface area contributed by atoms with Gasteiger partial charge >= 0.3 is 5.69 Å². The van der Waals surface area contributed by atoms with Crippen LogP contribution >= 0.6 is 0 Å². The van der Waals surface area contributed by atoms with Crippen LogP contribution in [0.5, 0.6) is 5.75 Å². The number of carbonyl (C=O) groups is 1. The number of methoxy groups -OCH3 is 1. The average Bonchev–Trinajstić information content (AvgIpc) is 3.22. The molecule has 0 bridgehead atoms. The van der Waals surface area contributed by atoms with E-state index in [9.17, 15) is 19.5 Å². The SMILES string of the molecule is COc1ccc(N2CCn3c2nc2c3c(=O)n(CC(=O)[O-])c(=O)n2C)cc1. The van der Waals surface area contributed by atoms with Crippen molar-refractivity contribution >= 4 is 28.8 Å². The van der Waals surface area contributed by atoms with Gasteiger partial charge in [0.25, 0.3) is 5.56 Å².